The number of aliphatic hydroxyl groups is 1. The number of hydrogen-bond donors (Lipinski definition) is 9. The topological polar surface area (TPSA) is 228 Å². The maximum atomic E-state index is 12.5. The summed E-state index contributed by atoms with van der Waals surface area (Å²) >= 11 is 3.84. The molecule has 4 atom stereocenters. The molecule has 0 aromatic heterocycles. The molecule has 0 heterocycles. The zero-order valence-corrected chi connectivity index (χ0v) is 18.2. The Balaban J connectivity index is 2.88. The van der Waals surface area contributed by atoms with Gasteiger partial charge in [-0.25, -0.2) is 4.79 Å². The monoisotopic (exact) mass is 486 g/mol. The molecule has 9 N–H and O–H groups in total. The number of rotatable bonds is 13. The van der Waals surface area contributed by atoms with Crippen molar-refractivity contribution in [1.82, 2.24) is 16.0 Å². The van der Waals surface area contributed by atoms with Crippen molar-refractivity contribution in [3.63, 3.8) is 0 Å². The van der Waals surface area contributed by atoms with Gasteiger partial charge in [0.05, 0.1) is 19.1 Å². The highest BCUT2D eigenvalue weighted by Gasteiger charge is 2.31. The summed E-state index contributed by atoms with van der Waals surface area (Å²) in [7, 11) is 0. The van der Waals surface area contributed by atoms with Crippen LogP contribution in [0.5, 0.6) is 5.75 Å². The van der Waals surface area contributed by atoms with Crippen LogP contribution in [0.2, 0.25) is 0 Å². The van der Waals surface area contributed by atoms with Crippen LogP contribution < -0.4 is 21.7 Å². The number of aliphatic hydroxyl groups excluding tert-OH is 1. The first kappa shape index (κ1) is 27.7. The van der Waals surface area contributed by atoms with Crippen molar-refractivity contribution in [2.24, 2.45) is 5.73 Å². The predicted molar refractivity (Wildman–Crippen MR) is 116 cm³/mol. The third-order valence-electron chi connectivity index (χ3n) is 4.35. The molecule has 1 aromatic rings. The second-order valence-corrected chi connectivity index (χ2v) is 7.33. The number of phenols is 1. The molecular weight excluding hydrogens is 460 g/mol. The average molecular weight is 487 g/mol. The molecule has 1 aromatic carbocycles. The maximum absolute atomic E-state index is 12.5. The van der Waals surface area contributed by atoms with E-state index >= 15 is 0 Å². The van der Waals surface area contributed by atoms with Crippen LogP contribution in [0.25, 0.3) is 0 Å². The number of hydrogen-bond acceptors (Lipinski definition) is 9. The molecule has 0 aliphatic carbocycles. The Morgan fingerprint density at radius 2 is 1.39 bits per heavy atom. The zero-order chi connectivity index (χ0) is 25.1. The third-order valence-corrected chi connectivity index (χ3v) is 4.74. The highest BCUT2D eigenvalue weighted by atomic mass is 32.1. The van der Waals surface area contributed by atoms with Crippen LogP contribution in [0.3, 0.4) is 0 Å². The van der Waals surface area contributed by atoms with Crippen molar-refractivity contribution >= 4 is 42.3 Å². The van der Waals surface area contributed by atoms with Gasteiger partial charge in [0.25, 0.3) is 0 Å². The van der Waals surface area contributed by atoms with Gasteiger partial charge in [-0.15, -0.1) is 0 Å². The Kier molecular flexibility index (Phi) is 11.1. The van der Waals surface area contributed by atoms with Gasteiger partial charge in [-0.05, 0) is 17.7 Å². The maximum Gasteiger partial charge on any atom is 0.326 e. The molecular formula is C19H26N4O9S. The number of carbonyl (C=O) groups is 5. The summed E-state index contributed by atoms with van der Waals surface area (Å²) in [5, 5.41) is 43.6. The molecule has 3 amide bonds. The molecule has 4 unspecified atom stereocenters. The largest absolute Gasteiger partial charge is 0.508 e. The minimum atomic E-state index is -1.63. The molecule has 0 bridgehead atoms. The summed E-state index contributed by atoms with van der Waals surface area (Å²) in [6, 6.07) is -0.218. The van der Waals surface area contributed by atoms with Crippen molar-refractivity contribution in [2.45, 2.75) is 37.0 Å². The molecule has 0 spiro atoms. The number of carboxylic acid groups (broad SMARTS) is 2. The van der Waals surface area contributed by atoms with Crippen molar-refractivity contribution in [1.29, 1.82) is 0 Å². The Bertz CT molecular complexity index is 865. The van der Waals surface area contributed by atoms with Gasteiger partial charge in [0.15, 0.2) is 0 Å². The van der Waals surface area contributed by atoms with Crippen molar-refractivity contribution in [3.05, 3.63) is 29.8 Å². The van der Waals surface area contributed by atoms with E-state index in [0.717, 1.165) is 0 Å². The summed E-state index contributed by atoms with van der Waals surface area (Å²) in [6.45, 7) is -0.937. The minimum Gasteiger partial charge on any atom is -0.508 e. The standard InChI is InChI=1S/C19H26N4O9S/c20-11(8-33)16(28)21-12(6-15(26)27)17(29)23-14(7-24)18(30)22-13(19(31)32)5-9-1-3-10(25)4-2-9/h1-4,11-14,24-25,33H,5-8,20H2,(H,21,28)(H,22,30)(H,23,29)(H,26,27)(H,31,32). The third kappa shape index (κ3) is 9.34. The van der Waals surface area contributed by atoms with Gasteiger partial charge >= 0.3 is 11.9 Å². The van der Waals surface area contributed by atoms with E-state index in [1.807, 2.05) is 0 Å². The normalized spacial score (nSPS) is 14.3. The van der Waals surface area contributed by atoms with E-state index in [2.05, 4.69) is 28.6 Å². The van der Waals surface area contributed by atoms with Crippen LogP contribution >= 0.6 is 12.6 Å². The van der Waals surface area contributed by atoms with Crippen molar-refractivity contribution in [2.75, 3.05) is 12.4 Å². The summed E-state index contributed by atoms with van der Waals surface area (Å²) in [5.41, 5.74) is 5.97. The van der Waals surface area contributed by atoms with Crippen LogP contribution in [-0.2, 0) is 30.4 Å². The minimum absolute atomic E-state index is 0.0314. The van der Waals surface area contributed by atoms with Gasteiger partial charge in [0, 0.05) is 12.2 Å². The fourth-order valence-corrected chi connectivity index (χ4v) is 2.72. The molecule has 0 aliphatic heterocycles. The number of aliphatic carboxylic acids is 2. The second kappa shape index (κ2) is 13.2. The van der Waals surface area contributed by atoms with Crippen LogP contribution in [-0.4, -0.2) is 86.6 Å². The van der Waals surface area contributed by atoms with E-state index in [9.17, 15) is 39.3 Å². The van der Waals surface area contributed by atoms with Gasteiger partial charge in [0.1, 0.15) is 23.9 Å². The summed E-state index contributed by atoms with van der Waals surface area (Å²) in [4.78, 5) is 59.4. The first-order valence-corrected chi connectivity index (χ1v) is 10.2. The Labute approximate surface area is 193 Å². The molecule has 182 valence electrons. The van der Waals surface area contributed by atoms with Gasteiger partial charge in [0.2, 0.25) is 17.7 Å². The lowest BCUT2D eigenvalue weighted by Crippen LogP contribution is -2.58. The zero-order valence-electron chi connectivity index (χ0n) is 17.3. The fourth-order valence-electron chi connectivity index (χ4n) is 2.55. The molecule has 0 saturated carbocycles. The lowest BCUT2D eigenvalue weighted by molar-refractivity contribution is -0.143. The molecule has 0 aliphatic rings. The van der Waals surface area contributed by atoms with E-state index in [4.69, 9.17) is 10.8 Å². The number of phenolic OH excluding ortho intramolecular Hbond substituents is 1. The van der Waals surface area contributed by atoms with Gasteiger partial charge in [-0.2, -0.15) is 12.6 Å². The predicted octanol–water partition coefficient (Wildman–Crippen LogP) is -2.80. The number of nitrogens with two attached hydrogens (primary N) is 1. The van der Waals surface area contributed by atoms with Crippen molar-refractivity contribution < 1.29 is 44.4 Å². The number of benzene rings is 1. The van der Waals surface area contributed by atoms with Crippen LogP contribution in [0.4, 0.5) is 0 Å². The number of thiol groups is 1. The van der Waals surface area contributed by atoms with Crippen molar-refractivity contribution in [3.8, 4) is 5.75 Å². The molecule has 14 heteroatoms. The summed E-state index contributed by atoms with van der Waals surface area (Å²) < 4.78 is 0. The van der Waals surface area contributed by atoms with Gasteiger partial charge in [-0.1, -0.05) is 12.1 Å². The molecule has 0 radical (unpaired) electrons. The molecule has 33 heavy (non-hydrogen) atoms. The SMILES string of the molecule is NC(CS)C(=O)NC(CC(=O)O)C(=O)NC(CO)C(=O)NC(Cc1ccc(O)cc1)C(=O)O. The van der Waals surface area contributed by atoms with Crippen LogP contribution in [0, 0.1) is 0 Å². The Morgan fingerprint density at radius 3 is 1.88 bits per heavy atom. The molecule has 13 nitrogen and oxygen atoms in total. The van der Waals surface area contributed by atoms with Gasteiger partial charge < -0.3 is 42.1 Å². The lowest BCUT2D eigenvalue weighted by atomic mass is 10.1. The fraction of sp³-hybridized carbons (Fsp3) is 0.421. The second-order valence-electron chi connectivity index (χ2n) is 6.96. The molecule has 0 fully saturated rings. The highest BCUT2D eigenvalue weighted by molar-refractivity contribution is 7.80. The van der Waals surface area contributed by atoms with E-state index < -0.39 is 66.9 Å². The van der Waals surface area contributed by atoms with Gasteiger partial charge in [-0.3, -0.25) is 19.2 Å². The molecule has 1 rings (SSSR count). The van der Waals surface area contributed by atoms with E-state index in [-0.39, 0.29) is 17.9 Å². The molecule has 0 saturated heterocycles. The average Bonchev–Trinajstić information content (AvgIpc) is 2.76. The Morgan fingerprint density at radius 1 is 0.879 bits per heavy atom. The first-order chi connectivity index (χ1) is 15.5. The number of carbonyl (C=O) groups excluding carboxylic acids is 3. The smallest absolute Gasteiger partial charge is 0.326 e. The van der Waals surface area contributed by atoms with Crippen LogP contribution in [0.1, 0.15) is 12.0 Å². The highest BCUT2D eigenvalue weighted by Crippen LogP contribution is 2.11. The first-order valence-electron chi connectivity index (χ1n) is 9.59. The number of carboxylic acids is 2. The van der Waals surface area contributed by atoms with E-state index in [0.29, 0.717) is 5.56 Å². The number of aromatic hydroxyl groups is 1. The summed E-state index contributed by atoms with van der Waals surface area (Å²) in [5.74, 6) is -5.93. The van der Waals surface area contributed by atoms with E-state index in [1.165, 1.54) is 24.3 Å². The quantitative estimate of drug-likeness (QED) is 0.130. The Hall–Kier alpha value is -3.36. The number of nitrogens with one attached hydrogen (secondary N) is 3. The summed E-state index contributed by atoms with van der Waals surface area (Å²) in [6.07, 6.45) is -0.998. The van der Waals surface area contributed by atoms with E-state index in [1.54, 1.807) is 0 Å². The number of amides is 3. The van der Waals surface area contributed by atoms with Crippen LogP contribution in [0.15, 0.2) is 24.3 Å². The lowest BCUT2D eigenvalue weighted by Gasteiger charge is -2.23.